The van der Waals surface area contributed by atoms with Crippen molar-refractivity contribution in [1.29, 1.82) is 0 Å². The summed E-state index contributed by atoms with van der Waals surface area (Å²) in [6.07, 6.45) is 2.50. The minimum absolute atomic E-state index is 0.0136. The molecular weight excluding hydrogens is 294 g/mol. The number of aliphatic hydroxyl groups excluding tert-OH is 1. The molecule has 8 heteroatoms. The molecule has 0 unspecified atom stereocenters. The summed E-state index contributed by atoms with van der Waals surface area (Å²) in [7, 11) is 0. The van der Waals surface area contributed by atoms with E-state index in [4.69, 9.17) is 24.1 Å². The van der Waals surface area contributed by atoms with Crippen molar-refractivity contribution >= 4 is 11.8 Å². The average Bonchev–Trinajstić information content (AvgIpc) is 2.83. The SMILES string of the molecule is O=C1C=CC(=O)N1CCOCCOCCOCCOCCO. The molecule has 2 amide bonds. The zero-order chi connectivity index (χ0) is 16.0. The minimum atomic E-state index is -0.301. The van der Waals surface area contributed by atoms with Crippen molar-refractivity contribution in [2.45, 2.75) is 0 Å². The number of nitrogens with zero attached hydrogens (tertiary/aromatic N) is 1. The molecule has 0 radical (unpaired) electrons. The molecule has 22 heavy (non-hydrogen) atoms. The number of aliphatic hydroxyl groups is 1. The molecule has 1 aliphatic heterocycles. The van der Waals surface area contributed by atoms with E-state index in [-0.39, 0.29) is 25.0 Å². The van der Waals surface area contributed by atoms with Gasteiger partial charge in [0.2, 0.25) is 0 Å². The molecule has 0 bridgehead atoms. The van der Waals surface area contributed by atoms with E-state index in [1.165, 1.54) is 12.2 Å². The summed E-state index contributed by atoms with van der Waals surface area (Å²) < 4.78 is 20.8. The molecule has 126 valence electrons. The number of carbonyl (C=O) groups is 2. The van der Waals surface area contributed by atoms with Crippen LogP contribution in [0.3, 0.4) is 0 Å². The Balaban J connectivity index is 1.79. The lowest BCUT2D eigenvalue weighted by Gasteiger charge is -2.13. The fourth-order valence-corrected chi connectivity index (χ4v) is 1.63. The van der Waals surface area contributed by atoms with E-state index in [1.54, 1.807) is 0 Å². The second-order valence-corrected chi connectivity index (χ2v) is 4.33. The summed E-state index contributed by atoms with van der Waals surface area (Å²) in [4.78, 5) is 23.6. The molecule has 0 spiro atoms. The van der Waals surface area contributed by atoms with Crippen LogP contribution in [0.5, 0.6) is 0 Å². The Bertz CT molecular complexity index is 341. The van der Waals surface area contributed by atoms with Gasteiger partial charge in [-0.05, 0) is 0 Å². The molecule has 0 aromatic carbocycles. The van der Waals surface area contributed by atoms with Crippen LogP contribution in [0, 0.1) is 0 Å². The zero-order valence-electron chi connectivity index (χ0n) is 12.6. The first-order valence-electron chi connectivity index (χ1n) is 7.21. The maximum Gasteiger partial charge on any atom is 0.253 e. The van der Waals surface area contributed by atoms with Gasteiger partial charge in [0, 0.05) is 12.2 Å². The van der Waals surface area contributed by atoms with E-state index in [1.807, 2.05) is 0 Å². The van der Waals surface area contributed by atoms with Crippen molar-refractivity contribution in [3.63, 3.8) is 0 Å². The minimum Gasteiger partial charge on any atom is -0.394 e. The second-order valence-electron chi connectivity index (χ2n) is 4.33. The maximum atomic E-state index is 11.2. The van der Waals surface area contributed by atoms with Gasteiger partial charge in [0.05, 0.1) is 66.0 Å². The van der Waals surface area contributed by atoms with Gasteiger partial charge in [-0.15, -0.1) is 0 Å². The largest absolute Gasteiger partial charge is 0.394 e. The topological polar surface area (TPSA) is 94.5 Å². The van der Waals surface area contributed by atoms with E-state index in [0.29, 0.717) is 52.9 Å². The van der Waals surface area contributed by atoms with Crippen LogP contribution in [0.2, 0.25) is 0 Å². The molecule has 1 rings (SSSR count). The highest BCUT2D eigenvalue weighted by molar-refractivity contribution is 6.12. The molecule has 0 saturated carbocycles. The van der Waals surface area contributed by atoms with Gasteiger partial charge in [-0.1, -0.05) is 0 Å². The van der Waals surface area contributed by atoms with Crippen LogP contribution in [0.15, 0.2) is 12.2 Å². The molecule has 1 N–H and O–H groups in total. The lowest BCUT2D eigenvalue weighted by atomic mass is 10.5. The number of imide groups is 1. The number of carbonyl (C=O) groups excluding carboxylic acids is 2. The third kappa shape index (κ3) is 8.20. The molecule has 0 aromatic rings. The first-order valence-corrected chi connectivity index (χ1v) is 7.21. The first-order chi connectivity index (χ1) is 10.8. The molecule has 0 atom stereocenters. The zero-order valence-corrected chi connectivity index (χ0v) is 12.6. The summed E-state index contributed by atoms with van der Waals surface area (Å²) in [5.41, 5.74) is 0. The fourth-order valence-electron chi connectivity index (χ4n) is 1.63. The van der Waals surface area contributed by atoms with Crippen molar-refractivity contribution in [1.82, 2.24) is 4.90 Å². The van der Waals surface area contributed by atoms with Gasteiger partial charge in [0.25, 0.3) is 11.8 Å². The van der Waals surface area contributed by atoms with Gasteiger partial charge in [0.15, 0.2) is 0 Å². The van der Waals surface area contributed by atoms with Crippen molar-refractivity contribution in [2.24, 2.45) is 0 Å². The number of hydrogen-bond acceptors (Lipinski definition) is 7. The highest BCUT2D eigenvalue weighted by Crippen LogP contribution is 2.02. The summed E-state index contributed by atoms with van der Waals surface area (Å²) >= 11 is 0. The smallest absolute Gasteiger partial charge is 0.253 e. The van der Waals surface area contributed by atoms with Gasteiger partial charge in [-0.3, -0.25) is 14.5 Å². The van der Waals surface area contributed by atoms with E-state index in [9.17, 15) is 9.59 Å². The summed E-state index contributed by atoms with van der Waals surface area (Å²) in [5.74, 6) is -0.602. The Hall–Kier alpha value is -1.32. The lowest BCUT2D eigenvalue weighted by Crippen LogP contribution is -2.33. The molecule has 1 aliphatic rings. The van der Waals surface area contributed by atoms with Gasteiger partial charge in [-0.25, -0.2) is 0 Å². The molecule has 8 nitrogen and oxygen atoms in total. The number of rotatable bonds is 14. The second kappa shape index (κ2) is 12.2. The Morgan fingerprint density at radius 1 is 0.727 bits per heavy atom. The molecule has 0 saturated heterocycles. The van der Waals surface area contributed by atoms with Crippen molar-refractivity contribution in [3.8, 4) is 0 Å². The third-order valence-electron chi connectivity index (χ3n) is 2.71. The van der Waals surface area contributed by atoms with E-state index in [2.05, 4.69) is 0 Å². The summed E-state index contributed by atoms with van der Waals surface area (Å²) in [5, 5.41) is 8.48. The monoisotopic (exact) mass is 317 g/mol. The quantitative estimate of drug-likeness (QED) is 0.323. The number of ether oxygens (including phenoxy) is 4. The van der Waals surface area contributed by atoms with Crippen molar-refractivity contribution in [3.05, 3.63) is 12.2 Å². The van der Waals surface area contributed by atoms with Crippen LogP contribution >= 0.6 is 0 Å². The predicted octanol–water partition coefficient (Wildman–Crippen LogP) is -1.03. The van der Waals surface area contributed by atoms with E-state index < -0.39 is 0 Å². The molecule has 0 aliphatic carbocycles. The van der Waals surface area contributed by atoms with Gasteiger partial charge in [0.1, 0.15) is 0 Å². The van der Waals surface area contributed by atoms with Crippen LogP contribution < -0.4 is 0 Å². The van der Waals surface area contributed by atoms with E-state index in [0.717, 1.165) is 4.90 Å². The first kappa shape index (κ1) is 18.7. The van der Waals surface area contributed by atoms with Gasteiger partial charge < -0.3 is 24.1 Å². The molecule has 1 heterocycles. The van der Waals surface area contributed by atoms with Crippen LogP contribution in [-0.2, 0) is 28.5 Å². The number of hydrogen-bond donors (Lipinski definition) is 1. The van der Waals surface area contributed by atoms with Crippen LogP contribution in [0.25, 0.3) is 0 Å². The molecule has 0 aromatic heterocycles. The molecule has 0 fully saturated rings. The average molecular weight is 317 g/mol. The van der Waals surface area contributed by atoms with Gasteiger partial charge in [-0.2, -0.15) is 0 Å². The Morgan fingerprint density at radius 3 is 1.59 bits per heavy atom. The van der Waals surface area contributed by atoms with Gasteiger partial charge >= 0.3 is 0 Å². The number of amides is 2. The Labute approximate surface area is 129 Å². The standard InChI is InChI=1S/C14H23NO7/c16-4-6-20-8-10-22-12-11-21-9-7-19-5-3-15-13(17)1-2-14(15)18/h1-2,16H,3-12H2. The maximum absolute atomic E-state index is 11.2. The van der Waals surface area contributed by atoms with Crippen LogP contribution in [-0.4, -0.2) is 87.8 Å². The normalized spacial score (nSPS) is 14.3. The molecular formula is C14H23NO7. The van der Waals surface area contributed by atoms with Crippen molar-refractivity contribution < 1.29 is 33.6 Å². The van der Waals surface area contributed by atoms with Crippen LogP contribution in [0.4, 0.5) is 0 Å². The highest BCUT2D eigenvalue weighted by Gasteiger charge is 2.22. The third-order valence-corrected chi connectivity index (χ3v) is 2.71. The lowest BCUT2D eigenvalue weighted by molar-refractivity contribution is -0.137. The predicted molar refractivity (Wildman–Crippen MR) is 76.2 cm³/mol. The van der Waals surface area contributed by atoms with Crippen molar-refractivity contribution in [2.75, 3.05) is 66.0 Å². The Morgan fingerprint density at radius 2 is 1.14 bits per heavy atom. The van der Waals surface area contributed by atoms with E-state index >= 15 is 0 Å². The Kier molecular flexibility index (Phi) is 10.4. The summed E-state index contributed by atoms with van der Waals surface area (Å²) in [6, 6.07) is 0. The van der Waals surface area contributed by atoms with Crippen LogP contribution in [0.1, 0.15) is 0 Å². The summed E-state index contributed by atoms with van der Waals surface area (Å²) in [6.45, 7) is 3.53. The fraction of sp³-hybridized carbons (Fsp3) is 0.714. The highest BCUT2D eigenvalue weighted by atomic mass is 16.6.